The number of aromatic amines is 1. The molecule has 0 spiro atoms. The van der Waals surface area contributed by atoms with Gasteiger partial charge in [-0.1, -0.05) is 0 Å². The van der Waals surface area contributed by atoms with Crippen molar-refractivity contribution in [2.75, 3.05) is 20.1 Å². The Kier molecular flexibility index (Phi) is 2.63. The predicted molar refractivity (Wildman–Crippen MR) is 63.7 cm³/mol. The lowest BCUT2D eigenvalue weighted by molar-refractivity contribution is 0.0740. The Hall–Kier alpha value is -1.36. The van der Waals surface area contributed by atoms with Gasteiger partial charge in [-0.3, -0.25) is 14.8 Å². The van der Waals surface area contributed by atoms with Gasteiger partial charge in [0.15, 0.2) is 0 Å². The predicted octanol–water partition coefficient (Wildman–Crippen LogP) is 0.718. The first-order chi connectivity index (χ1) is 8.25. The molecule has 5 heteroatoms. The largest absolute Gasteiger partial charge is 0.337 e. The quantitative estimate of drug-likeness (QED) is 0.779. The van der Waals surface area contributed by atoms with E-state index in [1.54, 1.807) is 12.4 Å². The first kappa shape index (κ1) is 10.8. The van der Waals surface area contributed by atoms with E-state index in [4.69, 9.17) is 0 Å². The van der Waals surface area contributed by atoms with E-state index in [0.29, 0.717) is 17.6 Å². The molecule has 0 saturated carbocycles. The van der Waals surface area contributed by atoms with Crippen molar-refractivity contribution in [1.29, 1.82) is 0 Å². The Bertz CT molecular complexity index is 403. The molecule has 2 saturated heterocycles. The maximum absolute atomic E-state index is 12.2. The Morgan fingerprint density at radius 3 is 3.00 bits per heavy atom. The minimum absolute atomic E-state index is 0.111. The van der Waals surface area contributed by atoms with Crippen LogP contribution < -0.4 is 0 Å². The highest BCUT2D eigenvalue weighted by molar-refractivity contribution is 5.93. The first-order valence-corrected chi connectivity index (χ1v) is 6.25. The molecular formula is C12H18N4O. The molecule has 1 aromatic rings. The number of rotatable bonds is 1. The summed E-state index contributed by atoms with van der Waals surface area (Å²) in [5, 5.41) is 6.54. The molecule has 3 rings (SSSR count). The van der Waals surface area contributed by atoms with Crippen LogP contribution in [-0.2, 0) is 0 Å². The molecule has 2 unspecified atom stereocenters. The van der Waals surface area contributed by atoms with Crippen molar-refractivity contribution in [3.05, 3.63) is 18.0 Å². The maximum atomic E-state index is 12.2. The molecule has 1 amide bonds. The van der Waals surface area contributed by atoms with Crippen LogP contribution in [0.25, 0.3) is 0 Å². The van der Waals surface area contributed by atoms with Crippen LogP contribution in [0.5, 0.6) is 0 Å². The number of H-pyrrole nitrogens is 1. The summed E-state index contributed by atoms with van der Waals surface area (Å²) < 4.78 is 0. The lowest BCUT2D eigenvalue weighted by atomic mass is 10.1. The number of aromatic nitrogens is 2. The van der Waals surface area contributed by atoms with Gasteiger partial charge >= 0.3 is 0 Å². The highest BCUT2D eigenvalue weighted by Gasteiger charge is 2.36. The minimum atomic E-state index is 0.111. The van der Waals surface area contributed by atoms with Crippen molar-refractivity contribution in [2.45, 2.75) is 31.3 Å². The van der Waals surface area contributed by atoms with Crippen LogP contribution in [0.15, 0.2) is 12.4 Å². The highest BCUT2D eigenvalue weighted by atomic mass is 16.2. The van der Waals surface area contributed by atoms with E-state index in [2.05, 4.69) is 22.1 Å². The van der Waals surface area contributed by atoms with Crippen LogP contribution in [0.1, 0.15) is 29.6 Å². The van der Waals surface area contributed by atoms with E-state index in [1.807, 2.05) is 4.90 Å². The van der Waals surface area contributed by atoms with Gasteiger partial charge in [0, 0.05) is 31.4 Å². The third-order valence-electron chi connectivity index (χ3n) is 4.18. The summed E-state index contributed by atoms with van der Waals surface area (Å²) >= 11 is 0. The Morgan fingerprint density at radius 1 is 1.41 bits per heavy atom. The summed E-state index contributed by atoms with van der Waals surface area (Å²) in [5.41, 5.74) is 0.672. The number of likely N-dealkylation sites (N-methyl/N-ethyl adjacent to an activating group) is 1. The van der Waals surface area contributed by atoms with Gasteiger partial charge in [-0.05, 0) is 26.3 Å². The number of likely N-dealkylation sites (tertiary alicyclic amines) is 1. The molecule has 17 heavy (non-hydrogen) atoms. The third kappa shape index (κ3) is 1.84. The van der Waals surface area contributed by atoms with Gasteiger partial charge in [0.2, 0.25) is 0 Å². The number of nitrogens with zero attached hydrogens (tertiary/aromatic N) is 3. The number of hydrogen-bond acceptors (Lipinski definition) is 3. The van der Waals surface area contributed by atoms with Crippen molar-refractivity contribution in [3.63, 3.8) is 0 Å². The van der Waals surface area contributed by atoms with Gasteiger partial charge in [0.05, 0.1) is 11.8 Å². The number of carbonyl (C=O) groups excluding carboxylic acids is 1. The number of carbonyl (C=O) groups is 1. The fourth-order valence-corrected chi connectivity index (χ4v) is 3.04. The van der Waals surface area contributed by atoms with Crippen LogP contribution in [-0.4, -0.2) is 58.1 Å². The molecule has 0 aliphatic carbocycles. The summed E-state index contributed by atoms with van der Waals surface area (Å²) in [7, 11) is 2.19. The second-order valence-corrected chi connectivity index (χ2v) is 5.08. The zero-order valence-corrected chi connectivity index (χ0v) is 10.1. The van der Waals surface area contributed by atoms with Gasteiger partial charge in [-0.2, -0.15) is 5.10 Å². The van der Waals surface area contributed by atoms with Crippen LogP contribution in [0.3, 0.4) is 0 Å². The second-order valence-electron chi connectivity index (χ2n) is 5.08. The Morgan fingerprint density at radius 2 is 2.24 bits per heavy atom. The topological polar surface area (TPSA) is 52.2 Å². The van der Waals surface area contributed by atoms with E-state index >= 15 is 0 Å². The molecule has 5 nitrogen and oxygen atoms in total. The molecule has 1 aromatic heterocycles. The van der Waals surface area contributed by atoms with Crippen molar-refractivity contribution < 1.29 is 4.79 Å². The number of hydrogen-bond donors (Lipinski definition) is 1. The molecular weight excluding hydrogens is 216 g/mol. The second kappa shape index (κ2) is 4.14. The van der Waals surface area contributed by atoms with Crippen LogP contribution in [0, 0.1) is 0 Å². The SMILES string of the molecule is CN1C2CCC1CN(C(=O)c1cn[nH]c1)CC2. The standard InChI is InChI=1S/C12H18N4O/c1-15-10-2-3-11(15)8-16(5-4-10)12(17)9-6-13-14-7-9/h6-7,10-11H,2-5,8H2,1H3,(H,13,14). The summed E-state index contributed by atoms with van der Waals surface area (Å²) in [4.78, 5) is 16.7. The maximum Gasteiger partial charge on any atom is 0.257 e. The summed E-state index contributed by atoms with van der Waals surface area (Å²) in [6.07, 6.45) is 6.88. The third-order valence-corrected chi connectivity index (χ3v) is 4.18. The lowest BCUT2D eigenvalue weighted by Crippen LogP contribution is -2.39. The van der Waals surface area contributed by atoms with E-state index in [1.165, 1.54) is 12.8 Å². The Labute approximate surface area is 101 Å². The molecule has 3 heterocycles. The first-order valence-electron chi connectivity index (χ1n) is 6.25. The lowest BCUT2D eigenvalue weighted by Gasteiger charge is -2.25. The van der Waals surface area contributed by atoms with Crippen molar-refractivity contribution in [3.8, 4) is 0 Å². The zero-order valence-electron chi connectivity index (χ0n) is 10.1. The number of amides is 1. The molecule has 2 fully saturated rings. The summed E-state index contributed by atoms with van der Waals surface area (Å²) in [6.45, 7) is 1.73. The molecule has 0 radical (unpaired) electrons. The van der Waals surface area contributed by atoms with Crippen molar-refractivity contribution in [1.82, 2.24) is 20.0 Å². The highest BCUT2D eigenvalue weighted by Crippen LogP contribution is 2.28. The number of nitrogens with one attached hydrogen (secondary N) is 1. The zero-order chi connectivity index (χ0) is 11.8. The van der Waals surface area contributed by atoms with Crippen LogP contribution in [0.2, 0.25) is 0 Å². The van der Waals surface area contributed by atoms with E-state index in [-0.39, 0.29) is 5.91 Å². The van der Waals surface area contributed by atoms with Crippen LogP contribution in [0.4, 0.5) is 0 Å². The van der Waals surface area contributed by atoms with Gasteiger partial charge in [0.1, 0.15) is 0 Å². The van der Waals surface area contributed by atoms with E-state index < -0.39 is 0 Å². The minimum Gasteiger partial charge on any atom is -0.337 e. The van der Waals surface area contributed by atoms with Gasteiger partial charge in [-0.15, -0.1) is 0 Å². The van der Waals surface area contributed by atoms with Gasteiger partial charge in [0.25, 0.3) is 5.91 Å². The molecule has 0 aromatic carbocycles. The average molecular weight is 234 g/mol. The summed E-state index contributed by atoms with van der Waals surface area (Å²) in [6, 6.07) is 1.21. The fourth-order valence-electron chi connectivity index (χ4n) is 3.04. The van der Waals surface area contributed by atoms with Crippen LogP contribution >= 0.6 is 0 Å². The van der Waals surface area contributed by atoms with E-state index in [0.717, 1.165) is 19.5 Å². The van der Waals surface area contributed by atoms with Crippen molar-refractivity contribution >= 4 is 5.91 Å². The number of fused-ring (bicyclic) bond motifs is 2. The fraction of sp³-hybridized carbons (Fsp3) is 0.667. The Balaban J connectivity index is 1.75. The van der Waals surface area contributed by atoms with Crippen molar-refractivity contribution in [2.24, 2.45) is 0 Å². The average Bonchev–Trinajstić information content (AvgIpc) is 2.88. The molecule has 2 atom stereocenters. The molecule has 92 valence electrons. The van der Waals surface area contributed by atoms with Gasteiger partial charge < -0.3 is 4.90 Å². The van der Waals surface area contributed by atoms with E-state index in [9.17, 15) is 4.79 Å². The summed E-state index contributed by atoms with van der Waals surface area (Å²) in [5.74, 6) is 0.111. The molecule has 2 bridgehead atoms. The molecule has 2 aliphatic heterocycles. The molecule has 2 aliphatic rings. The van der Waals surface area contributed by atoms with Gasteiger partial charge in [-0.25, -0.2) is 0 Å². The smallest absolute Gasteiger partial charge is 0.257 e. The monoisotopic (exact) mass is 234 g/mol. The normalized spacial score (nSPS) is 29.4. The molecule has 1 N–H and O–H groups in total.